The van der Waals surface area contributed by atoms with Gasteiger partial charge in [0.1, 0.15) is 11.2 Å². The number of nitrogens with one attached hydrogen (secondary N) is 1. The van der Waals surface area contributed by atoms with Crippen LogP contribution in [0.1, 0.15) is 25.7 Å². The van der Waals surface area contributed by atoms with Crippen LogP contribution in [0.5, 0.6) is 0 Å². The molecule has 0 aliphatic heterocycles. The summed E-state index contributed by atoms with van der Waals surface area (Å²) < 4.78 is 31.1. The highest BCUT2D eigenvalue weighted by molar-refractivity contribution is 7.89. The molecule has 0 aromatic carbocycles. The van der Waals surface area contributed by atoms with Crippen molar-refractivity contribution in [3.63, 3.8) is 0 Å². The Labute approximate surface area is 105 Å². The van der Waals surface area contributed by atoms with E-state index in [1.165, 1.54) is 18.6 Å². The van der Waals surface area contributed by atoms with Crippen molar-refractivity contribution in [2.45, 2.75) is 36.6 Å². The number of carboxylic acids is 1. The fourth-order valence-corrected chi connectivity index (χ4v) is 3.38. The number of hydrogen-bond donors (Lipinski definition) is 2. The summed E-state index contributed by atoms with van der Waals surface area (Å²) in [6.07, 6.45) is 4.59. The highest BCUT2D eigenvalue weighted by atomic mass is 32.2. The molecule has 0 unspecified atom stereocenters. The molecular weight excluding hydrogens is 258 g/mol. The molecule has 0 atom stereocenters. The smallest absolute Gasteiger partial charge is 0.306 e. The van der Waals surface area contributed by atoms with Crippen molar-refractivity contribution in [1.29, 1.82) is 0 Å². The fraction of sp³-hybridized carbons (Fsp3) is 0.545. The van der Waals surface area contributed by atoms with Crippen molar-refractivity contribution < 1.29 is 22.7 Å². The number of sulfonamides is 1. The average Bonchev–Trinajstić information content (AvgIpc) is 2.83. The lowest BCUT2D eigenvalue weighted by Gasteiger charge is -2.26. The maximum absolute atomic E-state index is 11.9. The summed E-state index contributed by atoms with van der Waals surface area (Å²) in [6.45, 7) is 0. The summed E-state index contributed by atoms with van der Waals surface area (Å²) in [5, 5.41) is 8.86. The van der Waals surface area contributed by atoms with Crippen LogP contribution in [0, 0.1) is 5.92 Å². The van der Waals surface area contributed by atoms with Gasteiger partial charge in [0.25, 0.3) is 0 Å². The van der Waals surface area contributed by atoms with Gasteiger partial charge in [0.05, 0.1) is 12.2 Å². The Kier molecular flexibility index (Phi) is 3.72. The van der Waals surface area contributed by atoms with Gasteiger partial charge in [-0.2, -0.15) is 0 Å². The van der Waals surface area contributed by atoms with E-state index in [9.17, 15) is 13.2 Å². The zero-order chi connectivity index (χ0) is 13.2. The number of carbonyl (C=O) groups is 1. The molecule has 1 aliphatic rings. The standard InChI is InChI=1S/C11H15NO5S/c13-11(14)8-1-3-9(4-2-8)12-18(15,16)10-5-6-17-7-10/h5-9,12H,1-4H2,(H,13,14). The molecular formula is C11H15NO5S. The summed E-state index contributed by atoms with van der Waals surface area (Å²) in [5.41, 5.74) is 0. The van der Waals surface area contributed by atoms with Crippen LogP contribution >= 0.6 is 0 Å². The molecule has 6 nitrogen and oxygen atoms in total. The molecule has 2 N–H and O–H groups in total. The third-order valence-corrected chi connectivity index (χ3v) is 4.70. The van der Waals surface area contributed by atoms with Crippen LogP contribution in [0.3, 0.4) is 0 Å². The fourth-order valence-electron chi connectivity index (χ4n) is 2.15. The number of aliphatic carboxylic acids is 1. The van der Waals surface area contributed by atoms with E-state index in [0.717, 1.165) is 0 Å². The molecule has 1 aromatic heterocycles. The van der Waals surface area contributed by atoms with Crippen molar-refractivity contribution in [3.8, 4) is 0 Å². The van der Waals surface area contributed by atoms with Gasteiger partial charge in [0, 0.05) is 6.04 Å². The topological polar surface area (TPSA) is 96.6 Å². The highest BCUT2D eigenvalue weighted by Gasteiger charge is 2.29. The lowest BCUT2D eigenvalue weighted by molar-refractivity contribution is -0.142. The van der Waals surface area contributed by atoms with Crippen molar-refractivity contribution in [2.75, 3.05) is 0 Å². The minimum absolute atomic E-state index is 0.0999. The molecule has 1 aliphatic carbocycles. The minimum atomic E-state index is -3.55. The van der Waals surface area contributed by atoms with Crippen molar-refractivity contribution in [2.24, 2.45) is 5.92 Å². The summed E-state index contributed by atoms with van der Waals surface area (Å²) in [4.78, 5) is 10.9. The molecule has 2 rings (SSSR count). The molecule has 1 aromatic rings. The van der Waals surface area contributed by atoms with E-state index >= 15 is 0 Å². The number of furan rings is 1. The first-order chi connectivity index (χ1) is 8.49. The van der Waals surface area contributed by atoms with E-state index in [1.807, 2.05) is 0 Å². The van der Waals surface area contributed by atoms with Crippen LogP contribution in [0.25, 0.3) is 0 Å². The molecule has 1 fully saturated rings. The Balaban J connectivity index is 1.94. The van der Waals surface area contributed by atoms with Gasteiger partial charge in [-0.3, -0.25) is 4.79 Å². The second kappa shape index (κ2) is 5.11. The predicted octanol–water partition coefficient (Wildman–Crippen LogP) is 1.20. The van der Waals surface area contributed by atoms with Gasteiger partial charge in [-0.25, -0.2) is 13.1 Å². The lowest BCUT2D eigenvalue weighted by Crippen LogP contribution is -2.38. The molecule has 0 bridgehead atoms. The molecule has 0 saturated heterocycles. The zero-order valence-corrected chi connectivity index (χ0v) is 10.5. The van der Waals surface area contributed by atoms with Gasteiger partial charge in [-0.15, -0.1) is 0 Å². The predicted molar refractivity (Wildman–Crippen MR) is 62.4 cm³/mol. The Hall–Kier alpha value is -1.34. The normalized spacial score (nSPS) is 24.9. The second-order valence-corrected chi connectivity index (χ2v) is 6.18. The van der Waals surface area contributed by atoms with Gasteiger partial charge in [-0.1, -0.05) is 0 Å². The van der Waals surface area contributed by atoms with E-state index in [2.05, 4.69) is 4.72 Å². The monoisotopic (exact) mass is 273 g/mol. The Morgan fingerprint density at radius 3 is 2.50 bits per heavy atom. The molecule has 0 spiro atoms. The van der Waals surface area contributed by atoms with Crippen molar-refractivity contribution >= 4 is 16.0 Å². The summed E-state index contributed by atoms with van der Waals surface area (Å²) in [7, 11) is -3.55. The summed E-state index contributed by atoms with van der Waals surface area (Å²) in [6, 6.07) is 1.19. The number of rotatable bonds is 4. The van der Waals surface area contributed by atoms with Crippen LogP contribution in [-0.4, -0.2) is 25.5 Å². The number of hydrogen-bond acceptors (Lipinski definition) is 4. The molecule has 1 heterocycles. The molecule has 18 heavy (non-hydrogen) atoms. The maximum Gasteiger partial charge on any atom is 0.306 e. The van der Waals surface area contributed by atoms with E-state index in [0.29, 0.717) is 25.7 Å². The average molecular weight is 273 g/mol. The first-order valence-corrected chi connectivity index (χ1v) is 7.24. The molecule has 1 saturated carbocycles. The third kappa shape index (κ3) is 2.91. The highest BCUT2D eigenvalue weighted by Crippen LogP contribution is 2.25. The zero-order valence-electron chi connectivity index (χ0n) is 9.70. The minimum Gasteiger partial charge on any atom is -0.481 e. The Bertz CT molecular complexity index is 500. The molecule has 100 valence electrons. The van der Waals surface area contributed by atoms with Gasteiger partial charge < -0.3 is 9.52 Å². The van der Waals surface area contributed by atoms with Gasteiger partial charge in [-0.05, 0) is 31.7 Å². The van der Waals surface area contributed by atoms with Crippen LogP contribution in [0.15, 0.2) is 27.9 Å². The molecule has 0 amide bonds. The molecule has 0 radical (unpaired) electrons. The van der Waals surface area contributed by atoms with E-state index in [-0.39, 0.29) is 16.9 Å². The lowest BCUT2D eigenvalue weighted by atomic mass is 9.87. The SMILES string of the molecule is O=C(O)C1CCC(NS(=O)(=O)c2ccoc2)CC1. The van der Waals surface area contributed by atoms with Gasteiger partial charge >= 0.3 is 5.97 Å². The van der Waals surface area contributed by atoms with Gasteiger partial charge in [0.15, 0.2) is 0 Å². The molecule has 7 heteroatoms. The van der Waals surface area contributed by atoms with Crippen LogP contribution in [0.2, 0.25) is 0 Å². The maximum atomic E-state index is 11.9. The first-order valence-electron chi connectivity index (χ1n) is 5.76. The first kappa shape index (κ1) is 13.1. The van der Waals surface area contributed by atoms with Crippen LogP contribution < -0.4 is 4.72 Å². The summed E-state index contributed by atoms with van der Waals surface area (Å²) >= 11 is 0. The largest absolute Gasteiger partial charge is 0.481 e. The number of carboxylic acid groups (broad SMARTS) is 1. The van der Waals surface area contributed by atoms with E-state index in [1.54, 1.807) is 0 Å². The van der Waals surface area contributed by atoms with Crippen LogP contribution in [0.4, 0.5) is 0 Å². The van der Waals surface area contributed by atoms with Crippen molar-refractivity contribution in [1.82, 2.24) is 4.72 Å². The second-order valence-electron chi connectivity index (χ2n) is 4.47. The van der Waals surface area contributed by atoms with E-state index in [4.69, 9.17) is 9.52 Å². The van der Waals surface area contributed by atoms with Crippen molar-refractivity contribution in [3.05, 3.63) is 18.6 Å². The van der Waals surface area contributed by atoms with E-state index < -0.39 is 16.0 Å². The Morgan fingerprint density at radius 2 is 2.00 bits per heavy atom. The quantitative estimate of drug-likeness (QED) is 0.859. The van der Waals surface area contributed by atoms with Crippen LogP contribution in [-0.2, 0) is 14.8 Å². The third-order valence-electron chi connectivity index (χ3n) is 3.20. The Morgan fingerprint density at radius 1 is 1.33 bits per heavy atom. The summed E-state index contributed by atoms with van der Waals surface area (Å²) in [5.74, 6) is -1.15. The van der Waals surface area contributed by atoms with Gasteiger partial charge in [0.2, 0.25) is 10.0 Å².